The fraction of sp³-hybridized carbons (Fsp3) is 1.00. The Morgan fingerprint density at radius 1 is 1.00 bits per heavy atom. The molecule has 1 rings (SSSR count). The number of unbranched alkanes of at least 4 members (excludes halogenated alkanes) is 1. The molecule has 2 unspecified atom stereocenters. The van der Waals surface area contributed by atoms with Crippen LogP contribution in [0.5, 0.6) is 0 Å². The first-order valence-corrected chi connectivity index (χ1v) is 6.72. The molecule has 6 N–H and O–H groups in total. The summed E-state index contributed by atoms with van der Waals surface area (Å²) < 4.78 is 10.3. The zero-order valence-electron chi connectivity index (χ0n) is 11.2. The van der Waals surface area contributed by atoms with Gasteiger partial charge in [-0.2, -0.15) is 0 Å². The number of aliphatic hydroxyl groups excluding tert-OH is 6. The molecule has 1 aliphatic rings. The molecule has 1 aliphatic heterocycles. The first-order chi connectivity index (χ1) is 9.51. The Morgan fingerprint density at radius 2 is 1.70 bits per heavy atom. The van der Waals surface area contributed by atoms with Gasteiger partial charge in [-0.3, -0.25) is 0 Å². The van der Waals surface area contributed by atoms with Gasteiger partial charge in [0.25, 0.3) is 0 Å². The summed E-state index contributed by atoms with van der Waals surface area (Å²) in [5.41, 5.74) is 0. The van der Waals surface area contributed by atoms with Gasteiger partial charge < -0.3 is 40.1 Å². The Kier molecular flexibility index (Phi) is 7.85. The third-order valence-corrected chi connectivity index (χ3v) is 3.25. The highest BCUT2D eigenvalue weighted by Gasteiger charge is 2.44. The van der Waals surface area contributed by atoms with Crippen molar-refractivity contribution in [2.24, 2.45) is 0 Å². The van der Waals surface area contributed by atoms with Crippen LogP contribution >= 0.6 is 0 Å². The SMILES string of the molecule is OCCCCC(O)COC1O[C@H](CO)[C@@H](O)[C@H](O)[C@H]1O. The lowest BCUT2D eigenvalue weighted by Gasteiger charge is -2.39. The highest BCUT2D eigenvalue weighted by atomic mass is 16.7. The van der Waals surface area contributed by atoms with Crippen molar-refractivity contribution < 1.29 is 40.1 Å². The monoisotopic (exact) mass is 296 g/mol. The molecule has 1 heterocycles. The number of ether oxygens (including phenoxy) is 2. The molecule has 8 heteroatoms. The number of hydrogen-bond donors (Lipinski definition) is 6. The quantitative estimate of drug-likeness (QED) is 0.266. The zero-order chi connectivity index (χ0) is 15.1. The van der Waals surface area contributed by atoms with Gasteiger partial charge in [0.1, 0.15) is 24.4 Å². The van der Waals surface area contributed by atoms with Gasteiger partial charge in [-0.25, -0.2) is 0 Å². The molecule has 0 amide bonds. The van der Waals surface area contributed by atoms with Gasteiger partial charge in [0, 0.05) is 6.61 Å². The van der Waals surface area contributed by atoms with Crippen LogP contribution in [0.1, 0.15) is 19.3 Å². The van der Waals surface area contributed by atoms with Crippen molar-refractivity contribution in [2.75, 3.05) is 19.8 Å². The van der Waals surface area contributed by atoms with Gasteiger partial charge in [0.2, 0.25) is 0 Å². The summed E-state index contributed by atoms with van der Waals surface area (Å²) in [6.07, 6.45) is -5.76. The summed E-state index contributed by atoms with van der Waals surface area (Å²) in [6.45, 7) is -0.585. The molecule has 0 radical (unpaired) electrons. The summed E-state index contributed by atoms with van der Waals surface area (Å²) in [6, 6.07) is 0. The molecule has 0 aromatic rings. The average molecular weight is 296 g/mol. The molecule has 1 saturated heterocycles. The number of hydrogen-bond acceptors (Lipinski definition) is 8. The third-order valence-electron chi connectivity index (χ3n) is 3.25. The molecule has 6 atom stereocenters. The van der Waals surface area contributed by atoms with E-state index in [1.54, 1.807) is 0 Å². The number of rotatable bonds is 8. The maximum Gasteiger partial charge on any atom is 0.186 e. The molecule has 0 saturated carbocycles. The van der Waals surface area contributed by atoms with E-state index in [2.05, 4.69) is 0 Å². The second-order valence-electron chi connectivity index (χ2n) is 4.90. The molecule has 120 valence electrons. The van der Waals surface area contributed by atoms with Crippen LogP contribution in [0.2, 0.25) is 0 Å². The van der Waals surface area contributed by atoms with Gasteiger partial charge in [0.05, 0.1) is 19.3 Å². The minimum Gasteiger partial charge on any atom is -0.396 e. The Labute approximate surface area is 117 Å². The van der Waals surface area contributed by atoms with Crippen LogP contribution in [-0.2, 0) is 9.47 Å². The standard InChI is InChI=1S/C12H24O8/c13-4-2-1-3-7(15)6-19-12-11(18)10(17)9(16)8(5-14)20-12/h7-18H,1-6H2/t7?,8-,9-,10+,11-,12?/m1/s1. The van der Waals surface area contributed by atoms with Crippen LogP contribution in [-0.4, -0.2) is 87.3 Å². The van der Waals surface area contributed by atoms with Gasteiger partial charge >= 0.3 is 0 Å². The van der Waals surface area contributed by atoms with Gasteiger partial charge in [-0.1, -0.05) is 0 Å². The molecule has 0 aromatic carbocycles. The van der Waals surface area contributed by atoms with E-state index in [0.717, 1.165) is 0 Å². The zero-order valence-corrected chi connectivity index (χ0v) is 11.2. The molecular weight excluding hydrogens is 272 g/mol. The van der Waals surface area contributed by atoms with Crippen LogP contribution in [0.3, 0.4) is 0 Å². The summed E-state index contributed by atoms with van der Waals surface area (Å²) in [5, 5.41) is 56.1. The van der Waals surface area contributed by atoms with E-state index in [1.807, 2.05) is 0 Å². The van der Waals surface area contributed by atoms with Crippen molar-refractivity contribution in [2.45, 2.75) is 56.1 Å². The average Bonchev–Trinajstić information content (AvgIpc) is 2.44. The van der Waals surface area contributed by atoms with Gasteiger partial charge in [-0.05, 0) is 19.3 Å². The molecular formula is C12H24O8. The molecule has 0 spiro atoms. The van der Waals surface area contributed by atoms with Crippen LogP contribution in [0.4, 0.5) is 0 Å². The van der Waals surface area contributed by atoms with Crippen molar-refractivity contribution in [3.05, 3.63) is 0 Å². The summed E-state index contributed by atoms with van der Waals surface area (Å²) >= 11 is 0. The highest BCUT2D eigenvalue weighted by molar-refractivity contribution is 4.88. The maximum atomic E-state index is 9.69. The van der Waals surface area contributed by atoms with Crippen LogP contribution in [0.15, 0.2) is 0 Å². The Hall–Kier alpha value is -0.320. The van der Waals surface area contributed by atoms with Crippen LogP contribution < -0.4 is 0 Å². The highest BCUT2D eigenvalue weighted by Crippen LogP contribution is 2.22. The smallest absolute Gasteiger partial charge is 0.186 e. The van der Waals surface area contributed by atoms with Crippen molar-refractivity contribution in [1.29, 1.82) is 0 Å². The van der Waals surface area contributed by atoms with E-state index in [9.17, 15) is 20.4 Å². The summed E-state index contributed by atoms with van der Waals surface area (Å²) in [5.74, 6) is 0. The van der Waals surface area contributed by atoms with Gasteiger partial charge in [-0.15, -0.1) is 0 Å². The molecule has 1 fully saturated rings. The first-order valence-electron chi connectivity index (χ1n) is 6.72. The normalized spacial score (nSPS) is 36.0. The lowest BCUT2D eigenvalue weighted by Crippen LogP contribution is -2.59. The minimum atomic E-state index is -1.49. The predicted molar refractivity (Wildman–Crippen MR) is 66.7 cm³/mol. The molecule has 0 aromatic heterocycles. The first kappa shape index (κ1) is 17.7. The van der Waals surface area contributed by atoms with E-state index in [1.165, 1.54) is 0 Å². The van der Waals surface area contributed by atoms with Crippen LogP contribution in [0, 0.1) is 0 Å². The molecule has 0 bridgehead atoms. The summed E-state index contributed by atoms with van der Waals surface area (Å²) in [4.78, 5) is 0. The Bertz CT molecular complexity index is 262. The predicted octanol–water partition coefficient (Wildman–Crippen LogP) is -2.67. The van der Waals surface area contributed by atoms with Crippen molar-refractivity contribution >= 4 is 0 Å². The third kappa shape index (κ3) is 4.90. The topological polar surface area (TPSA) is 140 Å². The Morgan fingerprint density at radius 3 is 2.30 bits per heavy atom. The fourth-order valence-corrected chi connectivity index (χ4v) is 1.99. The lowest BCUT2D eigenvalue weighted by atomic mass is 9.99. The van der Waals surface area contributed by atoms with Crippen molar-refractivity contribution in [3.8, 4) is 0 Å². The lowest BCUT2D eigenvalue weighted by molar-refractivity contribution is -0.304. The minimum absolute atomic E-state index is 0.0558. The molecule has 0 aliphatic carbocycles. The maximum absolute atomic E-state index is 9.69. The summed E-state index contributed by atoms with van der Waals surface area (Å²) in [7, 11) is 0. The van der Waals surface area contributed by atoms with E-state index in [4.69, 9.17) is 19.7 Å². The fourth-order valence-electron chi connectivity index (χ4n) is 1.99. The molecule has 8 nitrogen and oxygen atoms in total. The number of aliphatic hydroxyl groups is 6. The van der Waals surface area contributed by atoms with E-state index < -0.39 is 43.4 Å². The van der Waals surface area contributed by atoms with Crippen molar-refractivity contribution in [1.82, 2.24) is 0 Å². The van der Waals surface area contributed by atoms with E-state index in [0.29, 0.717) is 19.3 Å². The van der Waals surface area contributed by atoms with Crippen molar-refractivity contribution in [3.63, 3.8) is 0 Å². The van der Waals surface area contributed by atoms with E-state index in [-0.39, 0.29) is 13.2 Å². The Balaban J connectivity index is 2.38. The van der Waals surface area contributed by atoms with Crippen LogP contribution in [0.25, 0.3) is 0 Å². The van der Waals surface area contributed by atoms with E-state index >= 15 is 0 Å². The second kappa shape index (κ2) is 8.85. The van der Waals surface area contributed by atoms with Gasteiger partial charge in [0.15, 0.2) is 6.29 Å². The largest absolute Gasteiger partial charge is 0.396 e. The second-order valence-corrected chi connectivity index (χ2v) is 4.90. The molecule has 20 heavy (non-hydrogen) atoms.